The Morgan fingerprint density at radius 1 is 1.19 bits per heavy atom. The molecule has 2 aromatic rings. The second-order valence-corrected chi connectivity index (χ2v) is 7.95. The lowest BCUT2D eigenvalue weighted by molar-refractivity contribution is -0.129. The Morgan fingerprint density at radius 3 is 2.62 bits per heavy atom. The lowest BCUT2D eigenvalue weighted by Gasteiger charge is -2.22. The summed E-state index contributed by atoms with van der Waals surface area (Å²) in [4.78, 5) is 14.7. The molecule has 1 aromatic carbocycles. The molecule has 1 heterocycles. The van der Waals surface area contributed by atoms with Crippen molar-refractivity contribution in [3.8, 4) is 0 Å². The summed E-state index contributed by atoms with van der Waals surface area (Å²) in [5.41, 5.74) is 0.951. The molecule has 0 atom stereocenters. The number of nitrogens with zero attached hydrogens (tertiary/aromatic N) is 5. The van der Waals surface area contributed by atoms with Crippen molar-refractivity contribution in [3.05, 3.63) is 35.6 Å². The van der Waals surface area contributed by atoms with Gasteiger partial charge in [0.05, 0.1) is 11.8 Å². The molecule has 6 nitrogen and oxygen atoms in total. The zero-order valence-corrected chi connectivity index (χ0v) is 15.4. The minimum atomic E-state index is -0.257. The number of tetrazole rings is 1. The number of hydrogen-bond acceptors (Lipinski definition) is 5. The van der Waals surface area contributed by atoms with Crippen LogP contribution in [0.4, 0.5) is 4.39 Å². The summed E-state index contributed by atoms with van der Waals surface area (Å²) in [7, 11) is 0. The molecule has 1 aromatic heterocycles. The monoisotopic (exact) mass is 375 g/mol. The van der Waals surface area contributed by atoms with Crippen LogP contribution in [-0.2, 0) is 11.3 Å². The maximum absolute atomic E-state index is 13.1. The third-order valence-electron chi connectivity index (χ3n) is 5.03. The lowest BCUT2D eigenvalue weighted by Crippen LogP contribution is -2.34. The summed E-state index contributed by atoms with van der Waals surface area (Å²) >= 11 is 1.41. The first-order chi connectivity index (χ1) is 12.7. The van der Waals surface area contributed by atoms with Crippen molar-refractivity contribution < 1.29 is 9.18 Å². The molecule has 0 spiro atoms. The van der Waals surface area contributed by atoms with Crippen molar-refractivity contribution in [2.24, 2.45) is 0 Å². The number of carbonyl (C=O) groups excluding carboxylic acids is 1. The third-order valence-corrected chi connectivity index (χ3v) is 5.95. The van der Waals surface area contributed by atoms with Crippen LogP contribution in [0.3, 0.4) is 0 Å². The molecule has 0 saturated heterocycles. The number of aromatic nitrogens is 4. The zero-order valence-electron chi connectivity index (χ0n) is 14.6. The Labute approximate surface area is 156 Å². The number of amides is 1. The molecule has 2 saturated carbocycles. The predicted molar refractivity (Wildman–Crippen MR) is 96.0 cm³/mol. The van der Waals surface area contributed by atoms with E-state index >= 15 is 0 Å². The predicted octanol–water partition coefficient (Wildman–Crippen LogP) is 3.21. The molecule has 2 aliphatic rings. The Bertz CT molecular complexity index is 755. The van der Waals surface area contributed by atoms with Crippen molar-refractivity contribution in [3.63, 3.8) is 0 Å². The van der Waals surface area contributed by atoms with E-state index < -0.39 is 0 Å². The van der Waals surface area contributed by atoms with Crippen molar-refractivity contribution in [1.29, 1.82) is 0 Å². The average molecular weight is 375 g/mol. The number of hydrogen-bond donors (Lipinski definition) is 0. The van der Waals surface area contributed by atoms with Gasteiger partial charge in [-0.2, -0.15) is 0 Å². The van der Waals surface area contributed by atoms with E-state index in [2.05, 4.69) is 15.5 Å². The smallest absolute Gasteiger partial charge is 0.233 e. The second kappa shape index (κ2) is 7.73. The summed E-state index contributed by atoms with van der Waals surface area (Å²) in [5.74, 6) is 0.153. The van der Waals surface area contributed by atoms with Gasteiger partial charge in [0.25, 0.3) is 0 Å². The molecular weight excluding hydrogens is 353 g/mol. The van der Waals surface area contributed by atoms with Gasteiger partial charge in [-0.1, -0.05) is 36.7 Å². The third kappa shape index (κ3) is 4.06. The van der Waals surface area contributed by atoms with Gasteiger partial charge < -0.3 is 4.90 Å². The Kier molecular flexibility index (Phi) is 5.19. The zero-order chi connectivity index (χ0) is 17.9. The van der Waals surface area contributed by atoms with Gasteiger partial charge in [0.1, 0.15) is 5.82 Å². The van der Waals surface area contributed by atoms with Crippen LogP contribution in [-0.4, -0.2) is 42.8 Å². The van der Waals surface area contributed by atoms with Crippen molar-refractivity contribution in [2.75, 3.05) is 5.75 Å². The molecule has 1 amide bonds. The van der Waals surface area contributed by atoms with E-state index in [0.29, 0.717) is 24.4 Å². The van der Waals surface area contributed by atoms with Crippen LogP contribution in [0.2, 0.25) is 0 Å². The molecule has 26 heavy (non-hydrogen) atoms. The number of carbonyl (C=O) groups is 1. The standard InChI is InChI=1S/C18H22FN5OS/c19-14-7-5-13(6-8-14)11-23(15-9-10-15)17(25)12-26-18-20-21-22-24(18)16-3-1-2-4-16/h5-8,15-16H,1-4,9-12H2. The molecular formula is C18H22FN5OS. The van der Waals surface area contributed by atoms with Crippen LogP contribution >= 0.6 is 11.8 Å². The SMILES string of the molecule is O=C(CSc1nnnn1C1CCCC1)N(Cc1ccc(F)cc1)C1CC1. The van der Waals surface area contributed by atoms with E-state index in [4.69, 9.17) is 0 Å². The molecule has 2 fully saturated rings. The normalized spacial score (nSPS) is 17.6. The van der Waals surface area contributed by atoms with Crippen molar-refractivity contribution in [2.45, 2.75) is 62.3 Å². The van der Waals surface area contributed by atoms with Gasteiger partial charge in [-0.15, -0.1) is 5.10 Å². The molecule has 0 bridgehead atoms. The van der Waals surface area contributed by atoms with Crippen LogP contribution in [0.15, 0.2) is 29.4 Å². The number of halogens is 1. The van der Waals surface area contributed by atoms with Gasteiger partial charge in [0.2, 0.25) is 11.1 Å². The van der Waals surface area contributed by atoms with E-state index in [1.807, 2.05) is 9.58 Å². The number of rotatable bonds is 7. The molecule has 4 rings (SSSR count). The van der Waals surface area contributed by atoms with Gasteiger partial charge in [0, 0.05) is 12.6 Å². The largest absolute Gasteiger partial charge is 0.335 e. The van der Waals surface area contributed by atoms with Gasteiger partial charge in [-0.25, -0.2) is 9.07 Å². The maximum atomic E-state index is 13.1. The highest BCUT2D eigenvalue weighted by Gasteiger charge is 2.33. The van der Waals surface area contributed by atoms with E-state index in [0.717, 1.165) is 36.4 Å². The van der Waals surface area contributed by atoms with Crippen molar-refractivity contribution in [1.82, 2.24) is 25.1 Å². The highest BCUT2D eigenvalue weighted by molar-refractivity contribution is 7.99. The van der Waals surface area contributed by atoms with E-state index in [9.17, 15) is 9.18 Å². The summed E-state index contributed by atoms with van der Waals surface area (Å²) in [5, 5.41) is 12.7. The minimum Gasteiger partial charge on any atom is -0.335 e. The molecule has 8 heteroatoms. The van der Waals surface area contributed by atoms with E-state index in [1.54, 1.807) is 12.1 Å². The van der Waals surface area contributed by atoms with Crippen LogP contribution in [0, 0.1) is 5.82 Å². The quantitative estimate of drug-likeness (QED) is 0.696. The molecule has 0 unspecified atom stereocenters. The fourth-order valence-electron chi connectivity index (χ4n) is 3.46. The first-order valence-electron chi connectivity index (χ1n) is 9.15. The van der Waals surface area contributed by atoms with Crippen LogP contribution in [0.1, 0.15) is 50.1 Å². The number of thioether (sulfide) groups is 1. The molecule has 0 N–H and O–H groups in total. The summed E-state index contributed by atoms with van der Waals surface area (Å²) in [6.45, 7) is 0.526. The average Bonchev–Trinajstić information content (AvgIpc) is 3.15. The van der Waals surface area contributed by atoms with Gasteiger partial charge >= 0.3 is 0 Å². The summed E-state index contributed by atoms with van der Waals surface area (Å²) in [6.07, 6.45) is 6.70. The fraction of sp³-hybridized carbons (Fsp3) is 0.556. The molecule has 0 radical (unpaired) electrons. The highest BCUT2D eigenvalue weighted by Crippen LogP contribution is 2.32. The van der Waals surface area contributed by atoms with Gasteiger partial charge in [0.15, 0.2) is 0 Å². The molecule has 138 valence electrons. The lowest BCUT2D eigenvalue weighted by atomic mass is 10.2. The van der Waals surface area contributed by atoms with Crippen LogP contribution < -0.4 is 0 Å². The first-order valence-corrected chi connectivity index (χ1v) is 10.1. The van der Waals surface area contributed by atoms with Gasteiger partial charge in [-0.05, 0) is 53.8 Å². The van der Waals surface area contributed by atoms with Crippen molar-refractivity contribution >= 4 is 17.7 Å². The fourth-order valence-corrected chi connectivity index (χ4v) is 4.29. The molecule has 2 aliphatic carbocycles. The van der Waals surface area contributed by atoms with E-state index in [-0.39, 0.29) is 11.7 Å². The highest BCUT2D eigenvalue weighted by atomic mass is 32.2. The summed E-state index contributed by atoms with van der Waals surface area (Å²) in [6, 6.07) is 7.03. The second-order valence-electron chi connectivity index (χ2n) is 7.01. The van der Waals surface area contributed by atoms with Crippen LogP contribution in [0.5, 0.6) is 0 Å². The van der Waals surface area contributed by atoms with E-state index in [1.165, 1.54) is 36.7 Å². The Balaban J connectivity index is 1.38. The number of benzene rings is 1. The van der Waals surface area contributed by atoms with Crippen LogP contribution in [0.25, 0.3) is 0 Å². The molecule has 0 aliphatic heterocycles. The topological polar surface area (TPSA) is 63.9 Å². The van der Waals surface area contributed by atoms with Gasteiger partial charge in [-0.3, -0.25) is 4.79 Å². The first kappa shape index (κ1) is 17.5. The Morgan fingerprint density at radius 2 is 1.92 bits per heavy atom. The summed E-state index contributed by atoms with van der Waals surface area (Å²) < 4.78 is 15.0. The minimum absolute atomic E-state index is 0.0859. The maximum Gasteiger partial charge on any atom is 0.233 e. The Hall–Kier alpha value is -1.96.